The van der Waals surface area contributed by atoms with Crippen molar-refractivity contribution in [2.45, 2.75) is 12.4 Å². The number of hydrogen-bond acceptors (Lipinski definition) is 8. The summed E-state index contributed by atoms with van der Waals surface area (Å²) >= 11 is 1.37. The van der Waals surface area contributed by atoms with Gasteiger partial charge in [-0.2, -0.15) is 0 Å². The van der Waals surface area contributed by atoms with Crippen molar-refractivity contribution in [1.29, 1.82) is 0 Å². The number of carbonyl (C=O) groups excluding carboxylic acids is 1. The first kappa shape index (κ1) is 21.7. The molecule has 1 atom stereocenters. The molecule has 1 heterocycles. The SMILES string of the molecule is CCSC1Oc2c(cc(OC)c(OC)c2OC)C(c2ccc(OC)c(O)c2)=CC1=O. The van der Waals surface area contributed by atoms with Gasteiger partial charge in [0.25, 0.3) is 0 Å². The first-order valence-corrected chi connectivity index (χ1v) is 10.3. The molecule has 1 N–H and O–H groups in total. The molecular formula is C22H24O7S. The van der Waals surface area contributed by atoms with Crippen LogP contribution in [0.25, 0.3) is 5.57 Å². The monoisotopic (exact) mass is 432 g/mol. The molecule has 2 aromatic carbocycles. The van der Waals surface area contributed by atoms with E-state index in [4.69, 9.17) is 23.7 Å². The second kappa shape index (κ2) is 9.21. The molecule has 1 aliphatic rings. The third-order valence-electron chi connectivity index (χ3n) is 4.63. The molecule has 1 unspecified atom stereocenters. The molecule has 0 aromatic heterocycles. The molecular weight excluding hydrogens is 408 g/mol. The van der Waals surface area contributed by atoms with Gasteiger partial charge in [-0.05, 0) is 41.2 Å². The van der Waals surface area contributed by atoms with Gasteiger partial charge in [-0.25, -0.2) is 0 Å². The number of ether oxygens (including phenoxy) is 5. The molecule has 0 saturated carbocycles. The minimum Gasteiger partial charge on any atom is -0.504 e. The molecule has 0 radical (unpaired) electrons. The van der Waals surface area contributed by atoms with Crippen molar-refractivity contribution in [3.05, 3.63) is 41.5 Å². The zero-order chi connectivity index (χ0) is 21.8. The van der Waals surface area contributed by atoms with Crippen molar-refractivity contribution >= 4 is 23.1 Å². The van der Waals surface area contributed by atoms with E-state index in [1.165, 1.54) is 52.3 Å². The van der Waals surface area contributed by atoms with Crippen LogP contribution in [0.2, 0.25) is 0 Å². The fraction of sp³-hybridized carbons (Fsp3) is 0.318. The van der Waals surface area contributed by atoms with Crippen LogP contribution in [0.15, 0.2) is 30.3 Å². The van der Waals surface area contributed by atoms with E-state index in [0.717, 1.165) is 0 Å². The van der Waals surface area contributed by atoms with Crippen LogP contribution >= 0.6 is 11.8 Å². The van der Waals surface area contributed by atoms with Crippen LogP contribution in [0.5, 0.6) is 34.5 Å². The lowest BCUT2D eigenvalue weighted by molar-refractivity contribution is -0.117. The fourth-order valence-corrected chi connectivity index (χ4v) is 3.96. The Balaban J connectivity index is 2.31. The highest BCUT2D eigenvalue weighted by atomic mass is 32.2. The molecule has 30 heavy (non-hydrogen) atoms. The number of benzene rings is 2. The minimum absolute atomic E-state index is 0.0398. The highest BCUT2D eigenvalue weighted by Gasteiger charge is 2.32. The summed E-state index contributed by atoms with van der Waals surface area (Å²) in [6.07, 6.45) is 1.52. The summed E-state index contributed by atoms with van der Waals surface area (Å²) in [5.41, 5.74) is 1.01. The standard InChI is InChI=1S/C22H24O7S/c1-6-30-22-16(24)10-13(12-7-8-17(25-2)15(23)9-12)14-11-18(26-3)20(27-4)21(28-5)19(14)29-22/h7-11,22-23H,6H2,1-5H3. The van der Waals surface area contributed by atoms with Crippen LogP contribution in [-0.4, -0.2) is 50.5 Å². The van der Waals surface area contributed by atoms with E-state index in [-0.39, 0.29) is 11.5 Å². The second-order valence-electron chi connectivity index (χ2n) is 6.27. The zero-order valence-electron chi connectivity index (χ0n) is 17.5. The molecule has 3 rings (SSSR count). The number of phenolic OH excluding ortho intramolecular Hbond substituents is 1. The topological polar surface area (TPSA) is 83.5 Å². The van der Waals surface area contributed by atoms with Gasteiger partial charge < -0.3 is 28.8 Å². The Kier molecular flexibility index (Phi) is 6.66. The van der Waals surface area contributed by atoms with Gasteiger partial charge in [-0.3, -0.25) is 4.79 Å². The maximum absolute atomic E-state index is 13.0. The minimum atomic E-state index is -0.745. The van der Waals surface area contributed by atoms with Crippen molar-refractivity contribution in [1.82, 2.24) is 0 Å². The molecule has 160 valence electrons. The Morgan fingerprint density at radius 2 is 1.70 bits per heavy atom. The van der Waals surface area contributed by atoms with Gasteiger partial charge in [0.2, 0.25) is 22.7 Å². The Morgan fingerprint density at radius 1 is 1.00 bits per heavy atom. The normalized spacial score (nSPS) is 15.4. The van der Waals surface area contributed by atoms with Gasteiger partial charge in [0.15, 0.2) is 23.0 Å². The number of aromatic hydroxyl groups is 1. The van der Waals surface area contributed by atoms with Crippen molar-refractivity contribution in [2.24, 2.45) is 0 Å². The lowest BCUT2D eigenvalue weighted by Gasteiger charge is -2.21. The van der Waals surface area contributed by atoms with E-state index >= 15 is 0 Å². The summed E-state index contributed by atoms with van der Waals surface area (Å²) in [7, 11) is 6.00. The summed E-state index contributed by atoms with van der Waals surface area (Å²) < 4.78 is 27.8. The number of rotatable bonds is 7. The largest absolute Gasteiger partial charge is 0.504 e. The predicted octanol–water partition coefficient (Wildman–Crippen LogP) is 3.90. The van der Waals surface area contributed by atoms with Gasteiger partial charge in [0, 0.05) is 5.56 Å². The van der Waals surface area contributed by atoms with Crippen LogP contribution in [0.4, 0.5) is 0 Å². The molecule has 0 fully saturated rings. The van der Waals surface area contributed by atoms with E-state index in [1.54, 1.807) is 18.2 Å². The molecule has 7 nitrogen and oxygen atoms in total. The Bertz CT molecular complexity index is 984. The second-order valence-corrected chi connectivity index (χ2v) is 7.61. The number of carbonyl (C=O) groups is 1. The Labute approximate surface area is 179 Å². The lowest BCUT2D eigenvalue weighted by Crippen LogP contribution is -2.22. The van der Waals surface area contributed by atoms with Crippen LogP contribution in [0.3, 0.4) is 0 Å². The lowest BCUT2D eigenvalue weighted by atomic mass is 9.95. The predicted molar refractivity (Wildman–Crippen MR) is 115 cm³/mol. The third-order valence-corrected chi connectivity index (χ3v) is 5.59. The molecule has 8 heteroatoms. The quantitative estimate of drug-likeness (QED) is 0.705. The van der Waals surface area contributed by atoms with Crippen molar-refractivity contribution < 1.29 is 33.6 Å². The van der Waals surface area contributed by atoms with Gasteiger partial charge >= 0.3 is 0 Å². The highest BCUT2D eigenvalue weighted by molar-refractivity contribution is 8.00. The smallest absolute Gasteiger partial charge is 0.208 e. The summed E-state index contributed by atoms with van der Waals surface area (Å²) in [5.74, 6) is 2.26. The molecule has 0 amide bonds. The average Bonchev–Trinajstić information content (AvgIpc) is 2.89. The third kappa shape index (κ3) is 3.87. The summed E-state index contributed by atoms with van der Waals surface area (Å²) in [6.45, 7) is 1.95. The van der Waals surface area contributed by atoms with Crippen LogP contribution in [0, 0.1) is 0 Å². The van der Waals surface area contributed by atoms with Crippen LogP contribution < -0.4 is 23.7 Å². The molecule has 0 bridgehead atoms. The van der Waals surface area contributed by atoms with Crippen molar-refractivity contribution in [3.8, 4) is 34.5 Å². The molecule has 0 aliphatic carbocycles. The molecule has 0 spiro atoms. The molecule has 2 aromatic rings. The first-order chi connectivity index (χ1) is 14.5. The summed E-state index contributed by atoms with van der Waals surface area (Å²) in [6, 6.07) is 6.67. The number of fused-ring (bicyclic) bond motifs is 1. The van der Waals surface area contributed by atoms with Crippen LogP contribution in [-0.2, 0) is 4.79 Å². The maximum atomic E-state index is 13.0. The van der Waals surface area contributed by atoms with E-state index in [2.05, 4.69) is 0 Å². The average molecular weight is 432 g/mol. The number of hydrogen-bond donors (Lipinski definition) is 1. The van der Waals surface area contributed by atoms with Crippen molar-refractivity contribution in [2.75, 3.05) is 34.2 Å². The highest BCUT2D eigenvalue weighted by Crippen LogP contribution is 2.51. The summed E-state index contributed by atoms with van der Waals surface area (Å²) in [5, 5.41) is 10.3. The fourth-order valence-electron chi connectivity index (χ4n) is 3.26. The first-order valence-electron chi connectivity index (χ1n) is 9.23. The zero-order valence-corrected chi connectivity index (χ0v) is 18.3. The van der Waals surface area contributed by atoms with E-state index in [1.807, 2.05) is 6.92 Å². The van der Waals surface area contributed by atoms with E-state index in [9.17, 15) is 9.90 Å². The maximum Gasteiger partial charge on any atom is 0.208 e. The van der Waals surface area contributed by atoms with Gasteiger partial charge in [0.05, 0.1) is 28.4 Å². The van der Waals surface area contributed by atoms with E-state index in [0.29, 0.717) is 51.2 Å². The molecule has 1 aliphatic heterocycles. The van der Waals surface area contributed by atoms with Crippen molar-refractivity contribution in [3.63, 3.8) is 0 Å². The summed E-state index contributed by atoms with van der Waals surface area (Å²) in [4.78, 5) is 13.0. The number of ketones is 1. The van der Waals surface area contributed by atoms with Crippen LogP contribution in [0.1, 0.15) is 18.1 Å². The van der Waals surface area contributed by atoms with Gasteiger partial charge in [0.1, 0.15) is 0 Å². The number of phenols is 1. The Hall–Kier alpha value is -3.00. The van der Waals surface area contributed by atoms with Gasteiger partial charge in [-0.15, -0.1) is 11.8 Å². The van der Waals surface area contributed by atoms with E-state index < -0.39 is 5.44 Å². The Morgan fingerprint density at radius 3 is 2.27 bits per heavy atom. The number of thioether (sulfide) groups is 1. The van der Waals surface area contributed by atoms with Gasteiger partial charge in [-0.1, -0.05) is 13.0 Å². The number of methoxy groups -OCH3 is 4. The molecule has 0 saturated heterocycles.